The van der Waals surface area contributed by atoms with Gasteiger partial charge in [-0.25, -0.2) is 18.6 Å². The number of nitrogens with one attached hydrogen (secondary N) is 1. The van der Waals surface area contributed by atoms with Crippen molar-refractivity contribution in [1.29, 1.82) is 0 Å². The summed E-state index contributed by atoms with van der Waals surface area (Å²) in [6.07, 6.45) is -0.559. The lowest BCUT2D eigenvalue weighted by molar-refractivity contribution is -0.129. The van der Waals surface area contributed by atoms with E-state index in [1.54, 1.807) is 14.1 Å². The summed E-state index contributed by atoms with van der Waals surface area (Å²) >= 11 is 4.28. The van der Waals surface area contributed by atoms with Crippen molar-refractivity contribution in [2.75, 3.05) is 34.1 Å². The fraction of sp³-hybridized carbons (Fsp3) is 0.591. The zero-order chi connectivity index (χ0) is 25.3. The van der Waals surface area contributed by atoms with Gasteiger partial charge >= 0.3 is 6.09 Å². The Morgan fingerprint density at radius 3 is 2.68 bits per heavy atom. The van der Waals surface area contributed by atoms with Crippen LogP contribution in [0.15, 0.2) is 27.7 Å². The first-order valence-electron chi connectivity index (χ1n) is 10.9. The molecular weight excluding hydrogens is 548 g/mol. The number of halogens is 3. The number of carbonyl (C=O) groups excluding carboxylic acids is 2. The third-order valence-corrected chi connectivity index (χ3v) is 9.45. The molecule has 2 aliphatic rings. The van der Waals surface area contributed by atoms with Crippen molar-refractivity contribution >= 4 is 53.0 Å². The SMILES string of the molecule is CN(C)C(=O)[C@]12C[C@H]1[C@@](CF)(c1cc(Br)ccc1F)N=C(OC(=O)NCOCC[Si](C)(C)C)S2. The third-order valence-electron chi connectivity index (χ3n) is 5.91. The molecule has 0 bridgehead atoms. The molecule has 0 aromatic heterocycles. The van der Waals surface area contributed by atoms with Crippen molar-refractivity contribution in [3.8, 4) is 0 Å². The monoisotopic (exact) mass is 577 g/mol. The Morgan fingerprint density at radius 1 is 1.35 bits per heavy atom. The summed E-state index contributed by atoms with van der Waals surface area (Å²) in [5.74, 6) is -1.50. The van der Waals surface area contributed by atoms with Crippen molar-refractivity contribution in [3.63, 3.8) is 0 Å². The second-order valence-electron chi connectivity index (χ2n) is 9.94. The van der Waals surface area contributed by atoms with E-state index in [0.717, 1.165) is 17.8 Å². The quantitative estimate of drug-likeness (QED) is 0.274. The van der Waals surface area contributed by atoms with Crippen LogP contribution in [0.2, 0.25) is 25.7 Å². The molecule has 1 fully saturated rings. The lowest BCUT2D eigenvalue weighted by atomic mass is 9.85. The number of fused-ring (bicyclic) bond motifs is 1. The molecule has 1 aliphatic heterocycles. The highest BCUT2D eigenvalue weighted by molar-refractivity contribution is 9.10. The maximum Gasteiger partial charge on any atom is 0.416 e. The summed E-state index contributed by atoms with van der Waals surface area (Å²) < 4.78 is 39.9. The highest BCUT2D eigenvalue weighted by Gasteiger charge is 2.73. The molecule has 1 aliphatic carbocycles. The summed E-state index contributed by atoms with van der Waals surface area (Å²) in [5, 5.41) is 2.30. The Bertz CT molecular complexity index is 993. The van der Waals surface area contributed by atoms with Crippen molar-refractivity contribution in [1.82, 2.24) is 10.2 Å². The number of alkyl carbamates (subject to hydrolysis) is 1. The number of rotatable bonds is 8. The largest absolute Gasteiger partial charge is 0.416 e. The van der Waals surface area contributed by atoms with E-state index < -0.39 is 42.9 Å². The minimum atomic E-state index is -1.69. The van der Waals surface area contributed by atoms with Crippen LogP contribution in [0, 0.1) is 11.7 Å². The number of benzene rings is 1. The van der Waals surface area contributed by atoms with E-state index in [4.69, 9.17) is 9.47 Å². The maximum atomic E-state index is 14.9. The minimum absolute atomic E-state index is 0.0132. The molecule has 0 saturated heterocycles. The topological polar surface area (TPSA) is 80.2 Å². The lowest BCUT2D eigenvalue weighted by Gasteiger charge is -2.35. The van der Waals surface area contributed by atoms with Gasteiger partial charge in [-0.1, -0.05) is 35.6 Å². The molecule has 3 atom stereocenters. The minimum Gasteiger partial charge on any atom is -0.385 e. The van der Waals surface area contributed by atoms with Crippen molar-refractivity contribution < 1.29 is 27.8 Å². The van der Waals surface area contributed by atoms with E-state index in [9.17, 15) is 18.4 Å². The number of carbonyl (C=O) groups is 2. The van der Waals surface area contributed by atoms with E-state index in [-0.39, 0.29) is 29.9 Å². The summed E-state index contributed by atoms with van der Waals surface area (Å²) in [6, 6.07) is 5.13. The number of ether oxygens (including phenoxy) is 2. The first kappa shape index (κ1) is 27.1. The predicted molar refractivity (Wildman–Crippen MR) is 135 cm³/mol. The van der Waals surface area contributed by atoms with Gasteiger partial charge in [-0.15, -0.1) is 0 Å². The van der Waals surface area contributed by atoms with Gasteiger partial charge in [0.2, 0.25) is 5.91 Å². The number of hydrogen-bond donors (Lipinski definition) is 1. The Morgan fingerprint density at radius 2 is 2.06 bits per heavy atom. The van der Waals surface area contributed by atoms with Crippen molar-refractivity contribution in [2.24, 2.45) is 10.9 Å². The zero-order valence-corrected chi connectivity index (χ0v) is 23.3. The molecule has 0 spiro atoms. The molecule has 2 amide bonds. The zero-order valence-electron chi connectivity index (χ0n) is 19.9. The van der Waals surface area contributed by atoms with E-state index in [1.165, 1.54) is 23.1 Å². The van der Waals surface area contributed by atoms with Crippen LogP contribution in [0.5, 0.6) is 0 Å². The van der Waals surface area contributed by atoms with E-state index in [0.29, 0.717) is 11.1 Å². The van der Waals surface area contributed by atoms with E-state index in [1.807, 2.05) is 0 Å². The average molecular weight is 579 g/mol. The van der Waals surface area contributed by atoms with Crippen LogP contribution in [0.1, 0.15) is 12.0 Å². The fourth-order valence-electron chi connectivity index (χ4n) is 3.98. The van der Waals surface area contributed by atoms with Crippen LogP contribution in [0.25, 0.3) is 0 Å². The highest BCUT2D eigenvalue weighted by Crippen LogP contribution is 2.67. The fourth-order valence-corrected chi connectivity index (χ4v) is 6.59. The maximum absolute atomic E-state index is 14.9. The summed E-state index contributed by atoms with van der Waals surface area (Å²) in [5.41, 5.74) is -1.67. The van der Waals surface area contributed by atoms with Crippen LogP contribution in [-0.2, 0) is 19.8 Å². The summed E-state index contributed by atoms with van der Waals surface area (Å²) in [4.78, 5) is 31.2. The first-order valence-corrected chi connectivity index (χ1v) is 16.2. The van der Waals surface area contributed by atoms with Gasteiger partial charge in [-0.2, -0.15) is 0 Å². The number of nitrogens with zero attached hydrogens (tertiary/aromatic N) is 2. The Balaban J connectivity index is 1.83. The molecule has 1 N–H and O–H groups in total. The van der Waals surface area contributed by atoms with Gasteiger partial charge in [0.25, 0.3) is 5.23 Å². The Hall–Kier alpha value is -1.50. The summed E-state index contributed by atoms with van der Waals surface area (Å²) in [7, 11) is 1.94. The third kappa shape index (κ3) is 5.66. The smallest absolute Gasteiger partial charge is 0.385 e. The molecule has 1 heterocycles. The van der Waals surface area contributed by atoms with Crippen LogP contribution in [-0.4, -0.2) is 69.1 Å². The molecule has 1 aromatic carbocycles. The van der Waals surface area contributed by atoms with E-state index in [2.05, 4.69) is 45.9 Å². The molecule has 12 heteroatoms. The van der Waals surface area contributed by atoms with Gasteiger partial charge in [-0.3, -0.25) is 10.1 Å². The second kappa shape index (κ2) is 10.2. The predicted octanol–water partition coefficient (Wildman–Crippen LogP) is 4.74. The molecule has 1 saturated carbocycles. The van der Waals surface area contributed by atoms with Crippen LogP contribution >= 0.6 is 27.7 Å². The lowest BCUT2D eigenvalue weighted by Crippen LogP contribution is -2.45. The first-order chi connectivity index (χ1) is 15.8. The number of thioether (sulfide) groups is 1. The standard InChI is InChI=1S/C22H30BrF2N3O4SSi/c1-28(2)18(29)22-11-17(22)21(12-24,15-10-14(23)6-7-16(15)25)27-20(33-22)32-19(30)26-13-31-8-9-34(3,4)5/h6-7,10,17H,8-9,11-13H2,1-5H3,(H,26,30)/t17-,21+,22-/m0/s1. The summed E-state index contributed by atoms with van der Waals surface area (Å²) in [6.45, 7) is 6.07. The Kier molecular flexibility index (Phi) is 8.16. The highest BCUT2D eigenvalue weighted by atomic mass is 79.9. The molecule has 1 aromatic rings. The number of amides is 2. The van der Waals surface area contributed by atoms with Gasteiger partial charge in [0.1, 0.15) is 29.5 Å². The van der Waals surface area contributed by atoms with Crippen LogP contribution in [0.4, 0.5) is 13.6 Å². The van der Waals surface area contributed by atoms with Crippen LogP contribution in [0.3, 0.4) is 0 Å². The Labute approximate surface area is 212 Å². The van der Waals surface area contributed by atoms with Crippen molar-refractivity contribution in [3.05, 3.63) is 34.1 Å². The molecule has 7 nitrogen and oxygen atoms in total. The van der Waals surface area contributed by atoms with Gasteiger partial charge in [0.15, 0.2) is 0 Å². The van der Waals surface area contributed by atoms with Gasteiger partial charge in [0, 0.05) is 44.7 Å². The van der Waals surface area contributed by atoms with Gasteiger partial charge in [-0.05, 0) is 42.4 Å². The second-order valence-corrected chi connectivity index (χ2v) is 17.8. The molecule has 0 unspecified atom stereocenters. The number of alkyl halides is 1. The number of aliphatic imine (C=N–C) groups is 1. The molecule has 0 radical (unpaired) electrons. The van der Waals surface area contributed by atoms with Gasteiger partial charge < -0.3 is 14.4 Å². The molecular formula is C22H30BrF2N3O4SSi. The molecule has 188 valence electrons. The van der Waals surface area contributed by atoms with E-state index >= 15 is 0 Å². The van der Waals surface area contributed by atoms with Crippen molar-refractivity contribution in [2.45, 2.75) is 42.4 Å². The van der Waals surface area contributed by atoms with Gasteiger partial charge in [0.05, 0.1) is 0 Å². The van der Waals surface area contributed by atoms with Crippen LogP contribution < -0.4 is 5.32 Å². The normalized spacial score (nSPS) is 25.8. The molecule has 34 heavy (non-hydrogen) atoms. The molecule has 3 rings (SSSR count). The number of hydrogen-bond acceptors (Lipinski definition) is 6. The average Bonchev–Trinajstić information content (AvgIpc) is 3.49.